The van der Waals surface area contributed by atoms with E-state index in [1.54, 1.807) is 6.33 Å². The van der Waals surface area contributed by atoms with Gasteiger partial charge in [0.1, 0.15) is 17.8 Å². The number of H-pyrrole nitrogens is 1. The van der Waals surface area contributed by atoms with Gasteiger partial charge in [0.05, 0.1) is 5.39 Å². The van der Waals surface area contributed by atoms with Crippen molar-refractivity contribution in [2.45, 2.75) is 26.9 Å². The standard InChI is InChI=1S/C27H32N6/c1-3-32-11-13-33(14-12-32)18-21-7-9-23(10-8-21)25-16-24-26(29-19-30-27(24)31-25)28-17-22-6-4-5-20(2)15-22/h4-10,15-16,19H,3,11-14,17-18H2,1-2H3,(H2,28,29,30,31). The van der Waals surface area contributed by atoms with Crippen molar-refractivity contribution in [1.82, 2.24) is 24.8 Å². The Kier molecular flexibility index (Phi) is 6.37. The van der Waals surface area contributed by atoms with Crippen molar-refractivity contribution in [1.29, 1.82) is 0 Å². The van der Waals surface area contributed by atoms with Crippen molar-refractivity contribution in [2.75, 3.05) is 38.0 Å². The third-order valence-corrected chi connectivity index (χ3v) is 6.55. The molecular formula is C27H32N6. The maximum atomic E-state index is 4.49. The van der Waals surface area contributed by atoms with Gasteiger partial charge in [-0.3, -0.25) is 4.90 Å². The predicted molar refractivity (Wildman–Crippen MR) is 135 cm³/mol. The Morgan fingerprint density at radius 3 is 2.45 bits per heavy atom. The number of nitrogens with zero attached hydrogens (tertiary/aromatic N) is 4. The fourth-order valence-electron chi connectivity index (χ4n) is 4.56. The van der Waals surface area contributed by atoms with E-state index in [9.17, 15) is 0 Å². The minimum absolute atomic E-state index is 0.732. The van der Waals surface area contributed by atoms with Crippen LogP contribution in [0.2, 0.25) is 0 Å². The van der Waals surface area contributed by atoms with Crippen LogP contribution in [0.3, 0.4) is 0 Å². The van der Waals surface area contributed by atoms with Gasteiger partial charge in [0.2, 0.25) is 0 Å². The molecule has 1 aliphatic rings. The van der Waals surface area contributed by atoms with E-state index in [0.29, 0.717) is 0 Å². The number of fused-ring (bicyclic) bond motifs is 1. The Morgan fingerprint density at radius 1 is 0.909 bits per heavy atom. The van der Waals surface area contributed by atoms with Gasteiger partial charge in [0.25, 0.3) is 0 Å². The van der Waals surface area contributed by atoms with Crippen LogP contribution < -0.4 is 5.32 Å². The fraction of sp³-hybridized carbons (Fsp3) is 0.333. The summed E-state index contributed by atoms with van der Waals surface area (Å²) in [5.74, 6) is 0.854. The average Bonchev–Trinajstić information content (AvgIpc) is 3.29. The highest BCUT2D eigenvalue weighted by Crippen LogP contribution is 2.27. The van der Waals surface area contributed by atoms with Crippen molar-refractivity contribution in [3.63, 3.8) is 0 Å². The highest BCUT2D eigenvalue weighted by molar-refractivity contribution is 5.91. The summed E-state index contributed by atoms with van der Waals surface area (Å²) in [6.07, 6.45) is 1.61. The van der Waals surface area contributed by atoms with E-state index in [2.05, 4.69) is 98.5 Å². The summed E-state index contributed by atoms with van der Waals surface area (Å²) in [5.41, 5.74) is 6.94. The van der Waals surface area contributed by atoms with Crippen LogP contribution in [0, 0.1) is 6.92 Å². The lowest BCUT2D eigenvalue weighted by molar-refractivity contribution is 0.132. The summed E-state index contributed by atoms with van der Waals surface area (Å²) in [6, 6.07) is 19.6. The van der Waals surface area contributed by atoms with Crippen LogP contribution >= 0.6 is 0 Å². The molecule has 0 unspecified atom stereocenters. The zero-order chi connectivity index (χ0) is 22.6. The predicted octanol–water partition coefficient (Wildman–Crippen LogP) is 4.68. The van der Waals surface area contributed by atoms with E-state index >= 15 is 0 Å². The molecule has 6 nitrogen and oxygen atoms in total. The van der Waals surface area contributed by atoms with Gasteiger partial charge in [-0.2, -0.15) is 0 Å². The largest absolute Gasteiger partial charge is 0.365 e. The number of aryl methyl sites for hydroxylation is 1. The van der Waals surface area contributed by atoms with Gasteiger partial charge < -0.3 is 15.2 Å². The second kappa shape index (κ2) is 9.73. The number of anilines is 1. The first-order valence-corrected chi connectivity index (χ1v) is 11.8. The minimum atomic E-state index is 0.732. The van der Waals surface area contributed by atoms with Crippen LogP contribution in [-0.2, 0) is 13.1 Å². The van der Waals surface area contributed by atoms with E-state index < -0.39 is 0 Å². The van der Waals surface area contributed by atoms with Gasteiger partial charge >= 0.3 is 0 Å². The third-order valence-electron chi connectivity index (χ3n) is 6.55. The molecule has 2 aromatic heterocycles. The zero-order valence-corrected chi connectivity index (χ0v) is 19.5. The Morgan fingerprint density at radius 2 is 1.70 bits per heavy atom. The molecule has 0 amide bonds. The summed E-state index contributed by atoms with van der Waals surface area (Å²) in [6.45, 7) is 11.9. The molecule has 170 valence electrons. The first kappa shape index (κ1) is 21.6. The van der Waals surface area contributed by atoms with Crippen molar-refractivity contribution in [3.8, 4) is 11.3 Å². The van der Waals surface area contributed by atoms with Crippen LogP contribution in [0.4, 0.5) is 5.82 Å². The quantitative estimate of drug-likeness (QED) is 0.437. The van der Waals surface area contributed by atoms with Crippen molar-refractivity contribution < 1.29 is 0 Å². The van der Waals surface area contributed by atoms with Gasteiger partial charge in [-0.05, 0) is 36.2 Å². The Labute approximate surface area is 195 Å². The lowest BCUT2D eigenvalue weighted by atomic mass is 10.1. The van der Waals surface area contributed by atoms with Gasteiger partial charge in [0, 0.05) is 45.0 Å². The van der Waals surface area contributed by atoms with Crippen LogP contribution in [0.15, 0.2) is 60.9 Å². The molecule has 0 spiro atoms. The highest BCUT2D eigenvalue weighted by atomic mass is 15.3. The Bertz CT molecular complexity index is 1210. The third kappa shape index (κ3) is 5.07. The molecule has 3 heterocycles. The molecule has 4 aromatic rings. The molecule has 0 radical (unpaired) electrons. The van der Waals surface area contributed by atoms with Crippen LogP contribution in [0.25, 0.3) is 22.3 Å². The number of nitrogens with one attached hydrogen (secondary N) is 2. The van der Waals surface area contributed by atoms with Crippen molar-refractivity contribution >= 4 is 16.9 Å². The molecular weight excluding hydrogens is 408 g/mol. The van der Waals surface area contributed by atoms with E-state index in [0.717, 1.165) is 60.8 Å². The van der Waals surface area contributed by atoms with Gasteiger partial charge in [-0.15, -0.1) is 0 Å². The number of aromatic amines is 1. The molecule has 1 fully saturated rings. The van der Waals surface area contributed by atoms with Crippen molar-refractivity contribution in [3.05, 3.63) is 77.6 Å². The van der Waals surface area contributed by atoms with Crippen molar-refractivity contribution in [2.24, 2.45) is 0 Å². The van der Waals surface area contributed by atoms with E-state index in [-0.39, 0.29) is 0 Å². The van der Waals surface area contributed by atoms with E-state index in [1.807, 2.05) is 0 Å². The summed E-state index contributed by atoms with van der Waals surface area (Å²) >= 11 is 0. The Hall–Kier alpha value is -3.22. The smallest absolute Gasteiger partial charge is 0.143 e. The summed E-state index contributed by atoms with van der Waals surface area (Å²) in [7, 11) is 0. The van der Waals surface area contributed by atoms with Gasteiger partial charge in [0.15, 0.2) is 0 Å². The monoisotopic (exact) mass is 440 g/mol. The maximum Gasteiger partial charge on any atom is 0.143 e. The number of hydrogen-bond acceptors (Lipinski definition) is 5. The molecule has 0 bridgehead atoms. The molecule has 0 saturated carbocycles. The topological polar surface area (TPSA) is 60.1 Å². The second-order valence-corrected chi connectivity index (χ2v) is 8.92. The molecule has 0 atom stereocenters. The number of likely N-dealkylation sites (N-methyl/N-ethyl adjacent to an activating group) is 1. The number of piperazine rings is 1. The second-order valence-electron chi connectivity index (χ2n) is 8.92. The summed E-state index contributed by atoms with van der Waals surface area (Å²) in [4.78, 5) is 17.5. The highest BCUT2D eigenvalue weighted by Gasteiger charge is 2.15. The van der Waals surface area contributed by atoms with E-state index in [4.69, 9.17) is 0 Å². The molecule has 2 aromatic carbocycles. The molecule has 6 heteroatoms. The van der Waals surface area contributed by atoms with Gasteiger partial charge in [-0.1, -0.05) is 61.0 Å². The van der Waals surface area contributed by atoms with Crippen LogP contribution in [-0.4, -0.2) is 57.5 Å². The molecule has 1 aliphatic heterocycles. The average molecular weight is 441 g/mol. The minimum Gasteiger partial charge on any atom is -0.365 e. The van der Waals surface area contributed by atoms with Gasteiger partial charge in [-0.25, -0.2) is 9.97 Å². The maximum absolute atomic E-state index is 4.49. The molecule has 0 aliphatic carbocycles. The number of rotatable bonds is 7. The van der Waals surface area contributed by atoms with E-state index in [1.165, 1.54) is 29.8 Å². The number of benzene rings is 2. The zero-order valence-electron chi connectivity index (χ0n) is 19.5. The lowest BCUT2D eigenvalue weighted by Gasteiger charge is -2.34. The molecule has 1 saturated heterocycles. The molecule has 33 heavy (non-hydrogen) atoms. The van der Waals surface area contributed by atoms with Crippen LogP contribution in [0.1, 0.15) is 23.6 Å². The Balaban J connectivity index is 1.28. The number of hydrogen-bond donors (Lipinski definition) is 2. The lowest BCUT2D eigenvalue weighted by Crippen LogP contribution is -2.45. The molecule has 5 rings (SSSR count). The first-order chi connectivity index (χ1) is 16.2. The normalized spacial score (nSPS) is 15.2. The number of aromatic nitrogens is 3. The SMILES string of the molecule is CCN1CCN(Cc2ccc(-c3cc4c(NCc5cccc(C)c5)ncnc4[nH]3)cc2)CC1. The fourth-order valence-corrected chi connectivity index (χ4v) is 4.56. The first-order valence-electron chi connectivity index (χ1n) is 11.8. The van der Waals surface area contributed by atoms with Crippen LogP contribution in [0.5, 0.6) is 0 Å². The summed E-state index contributed by atoms with van der Waals surface area (Å²) in [5, 5.41) is 4.49. The summed E-state index contributed by atoms with van der Waals surface area (Å²) < 4.78 is 0. The molecule has 2 N–H and O–H groups in total.